The number of hydrogen-bond acceptors (Lipinski definition) is 6. The van der Waals surface area contributed by atoms with Gasteiger partial charge in [0.2, 0.25) is 0 Å². The van der Waals surface area contributed by atoms with Gasteiger partial charge in [-0.25, -0.2) is 0 Å². The number of nitrogens with zero attached hydrogens (tertiary/aromatic N) is 2. The molecule has 3 rings (SSSR count). The molecule has 0 atom stereocenters. The molecule has 1 N–H and O–H groups in total. The highest BCUT2D eigenvalue weighted by molar-refractivity contribution is 7.81. The van der Waals surface area contributed by atoms with E-state index in [9.17, 15) is 17.4 Å². The summed E-state index contributed by atoms with van der Waals surface area (Å²) in [5, 5.41) is 9.85. The fraction of sp³-hybridized carbons (Fsp3) is 0.333. The van der Waals surface area contributed by atoms with Crippen molar-refractivity contribution in [3.63, 3.8) is 0 Å². The maximum Gasteiger partial charge on any atom is 0.488 e. The summed E-state index contributed by atoms with van der Waals surface area (Å²) in [5.74, 6) is 0.0457. The summed E-state index contributed by atoms with van der Waals surface area (Å²) in [7, 11) is -4.99. The number of benzene rings is 2. The van der Waals surface area contributed by atoms with Gasteiger partial charge in [-0.15, -0.1) is 0 Å². The summed E-state index contributed by atoms with van der Waals surface area (Å²) < 4.78 is 37.6. The second kappa shape index (κ2) is 8.43. The predicted molar refractivity (Wildman–Crippen MR) is 101 cm³/mol. The van der Waals surface area contributed by atoms with E-state index < -0.39 is 10.5 Å². The minimum Gasteiger partial charge on any atom is -0.506 e. The normalized spacial score (nSPS) is 16.4. The van der Waals surface area contributed by atoms with Gasteiger partial charge in [-0.3, -0.25) is 9.80 Å². The summed E-state index contributed by atoms with van der Waals surface area (Å²) in [6, 6.07) is 11.6. The first kappa shape index (κ1) is 19.9. The summed E-state index contributed by atoms with van der Waals surface area (Å²) in [6.45, 7) is 5.09. The first-order chi connectivity index (χ1) is 12.8. The van der Waals surface area contributed by atoms with Gasteiger partial charge in [0.1, 0.15) is 11.5 Å². The van der Waals surface area contributed by atoms with Gasteiger partial charge in [-0.05, 0) is 35.4 Å². The maximum absolute atomic E-state index is 12.5. The SMILES string of the molecule is O=S(=O)(F)Oc1ccc(CN2CCN(Cc3ccc(O)c(Cl)c3)CC2)cc1. The molecule has 27 heavy (non-hydrogen) atoms. The van der Waals surface area contributed by atoms with Crippen molar-refractivity contribution in [2.24, 2.45) is 0 Å². The smallest absolute Gasteiger partial charge is 0.488 e. The molecule has 1 aliphatic rings. The summed E-state index contributed by atoms with van der Waals surface area (Å²) >= 11 is 5.95. The van der Waals surface area contributed by atoms with Crippen LogP contribution in [0.15, 0.2) is 42.5 Å². The third kappa shape index (κ3) is 6.07. The monoisotopic (exact) mass is 414 g/mol. The van der Waals surface area contributed by atoms with E-state index in [1.54, 1.807) is 24.3 Å². The second-order valence-electron chi connectivity index (χ2n) is 6.46. The van der Waals surface area contributed by atoms with E-state index in [1.165, 1.54) is 12.1 Å². The van der Waals surface area contributed by atoms with Gasteiger partial charge < -0.3 is 9.29 Å². The van der Waals surface area contributed by atoms with Crippen LogP contribution < -0.4 is 4.18 Å². The minimum absolute atomic E-state index is 0.0429. The fourth-order valence-corrected chi connectivity index (χ4v) is 3.58. The van der Waals surface area contributed by atoms with Crippen LogP contribution in [-0.4, -0.2) is 49.5 Å². The molecule has 0 spiro atoms. The van der Waals surface area contributed by atoms with Crippen LogP contribution in [0.1, 0.15) is 11.1 Å². The predicted octanol–water partition coefficient (Wildman–Crippen LogP) is 2.96. The molecule has 0 unspecified atom stereocenters. The van der Waals surface area contributed by atoms with Crippen LogP contribution in [0.5, 0.6) is 11.5 Å². The van der Waals surface area contributed by atoms with Gasteiger partial charge in [0.15, 0.2) is 0 Å². The van der Waals surface area contributed by atoms with E-state index in [4.69, 9.17) is 11.6 Å². The average molecular weight is 415 g/mol. The fourth-order valence-electron chi connectivity index (χ4n) is 3.04. The van der Waals surface area contributed by atoms with E-state index in [2.05, 4.69) is 14.0 Å². The molecule has 1 saturated heterocycles. The zero-order valence-corrected chi connectivity index (χ0v) is 16.1. The summed E-state index contributed by atoms with van der Waals surface area (Å²) in [4.78, 5) is 4.62. The van der Waals surface area contributed by atoms with Gasteiger partial charge in [-0.2, -0.15) is 8.42 Å². The van der Waals surface area contributed by atoms with Crippen molar-refractivity contribution >= 4 is 22.1 Å². The van der Waals surface area contributed by atoms with Crippen molar-refractivity contribution in [1.29, 1.82) is 0 Å². The highest BCUT2D eigenvalue weighted by Gasteiger charge is 2.18. The van der Waals surface area contributed by atoms with Crippen molar-refractivity contribution in [2.75, 3.05) is 26.2 Å². The number of rotatable bonds is 6. The van der Waals surface area contributed by atoms with Crippen LogP contribution in [0.25, 0.3) is 0 Å². The zero-order chi connectivity index (χ0) is 19.4. The van der Waals surface area contributed by atoms with Crippen molar-refractivity contribution in [3.05, 3.63) is 58.6 Å². The van der Waals surface area contributed by atoms with Gasteiger partial charge in [0.05, 0.1) is 5.02 Å². The highest BCUT2D eigenvalue weighted by atomic mass is 35.5. The molecule has 2 aromatic rings. The van der Waals surface area contributed by atoms with Crippen LogP contribution in [0.3, 0.4) is 0 Å². The average Bonchev–Trinajstić information content (AvgIpc) is 2.60. The third-order valence-corrected chi connectivity index (χ3v) is 5.10. The molecule has 2 aromatic carbocycles. The molecule has 1 fully saturated rings. The Balaban J connectivity index is 1.48. The standard InChI is InChI=1S/C18H20ClFN2O4S/c19-17-11-15(3-6-18(17)23)13-22-9-7-21(8-10-22)12-14-1-4-16(5-2-14)26-27(20,24)25/h1-6,11,23H,7-10,12-13H2. The Labute approximate surface area is 163 Å². The lowest BCUT2D eigenvalue weighted by atomic mass is 10.1. The maximum atomic E-state index is 12.5. The number of phenolic OH excluding ortho intramolecular Hbond substituents is 1. The van der Waals surface area contributed by atoms with Crippen LogP contribution in [0, 0.1) is 0 Å². The largest absolute Gasteiger partial charge is 0.506 e. The molecule has 0 aliphatic carbocycles. The Hall–Kier alpha value is -1.87. The molecular formula is C18H20ClFN2O4S. The van der Waals surface area contributed by atoms with Crippen LogP contribution in [0.2, 0.25) is 5.02 Å². The van der Waals surface area contributed by atoms with E-state index >= 15 is 0 Å². The Morgan fingerprint density at radius 1 is 0.963 bits per heavy atom. The molecule has 0 aromatic heterocycles. The van der Waals surface area contributed by atoms with Crippen molar-refractivity contribution < 1.29 is 21.6 Å². The molecule has 0 radical (unpaired) electrons. The van der Waals surface area contributed by atoms with Crippen molar-refractivity contribution in [3.8, 4) is 11.5 Å². The molecular weight excluding hydrogens is 395 g/mol. The lowest BCUT2D eigenvalue weighted by Gasteiger charge is -2.34. The van der Waals surface area contributed by atoms with Gasteiger partial charge in [-0.1, -0.05) is 33.7 Å². The Kier molecular flexibility index (Phi) is 6.21. The number of halogens is 2. The zero-order valence-electron chi connectivity index (χ0n) is 14.5. The molecule has 0 amide bonds. The van der Waals surface area contributed by atoms with Gasteiger partial charge >= 0.3 is 10.5 Å². The second-order valence-corrected chi connectivity index (χ2v) is 7.82. The van der Waals surface area contributed by atoms with Crippen LogP contribution in [-0.2, 0) is 23.6 Å². The lowest BCUT2D eigenvalue weighted by molar-refractivity contribution is 0.122. The lowest BCUT2D eigenvalue weighted by Crippen LogP contribution is -2.45. The van der Waals surface area contributed by atoms with Crippen molar-refractivity contribution in [2.45, 2.75) is 13.1 Å². The Morgan fingerprint density at radius 3 is 2.00 bits per heavy atom. The van der Waals surface area contributed by atoms with E-state index in [1.807, 2.05) is 6.07 Å². The number of phenols is 1. The summed E-state index contributed by atoms with van der Waals surface area (Å²) in [6.07, 6.45) is 0. The minimum atomic E-state index is -4.99. The van der Waals surface area contributed by atoms with Crippen LogP contribution in [0.4, 0.5) is 3.89 Å². The van der Waals surface area contributed by atoms with Gasteiger partial charge in [0.25, 0.3) is 0 Å². The third-order valence-electron chi connectivity index (χ3n) is 4.41. The van der Waals surface area contributed by atoms with E-state index in [0.717, 1.165) is 50.4 Å². The molecule has 0 bridgehead atoms. The van der Waals surface area contributed by atoms with E-state index in [0.29, 0.717) is 5.02 Å². The quantitative estimate of drug-likeness (QED) is 0.733. The molecule has 9 heteroatoms. The van der Waals surface area contributed by atoms with Crippen LogP contribution >= 0.6 is 11.6 Å². The first-order valence-corrected chi connectivity index (χ1v) is 10.1. The molecule has 1 heterocycles. The highest BCUT2D eigenvalue weighted by Crippen LogP contribution is 2.24. The van der Waals surface area contributed by atoms with E-state index in [-0.39, 0.29) is 11.5 Å². The number of piperazine rings is 1. The Bertz CT molecular complexity index is 885. The molecule has 1 aliphatic heterocycles. The molecule has 0 saturated carbocycles. The van der Waals surface area contributed by atoms with Crippen molar-refractivity contribution in [1.82, 2.24) is 9.80 Å². The number of aromatic hydroxyl groups is 1. The molecule has 6 nitrogen and oxygen atoms in total. The van der Waals surface area contributed by atoms with Gasteiger partial charge in [0, 0.05) is 39.3 Å². The first-order valence-electron chi connectivity index (χ1n) is 8.43. The Morgan fingerprint density at radius 2 is 1.48 bits per heavy atom. The molecule has 146 valence electrons. The topological polar surface area (TPSA) is 70.1 Å². The number of hydrogen-bond donors (Lipinski definition) is 1. The summed E-state index contributed by atoms with van der Waals surface area (Å²) in [5.41, 5.74) is 2.06.